The minimum atomic E-state index is -4.72. The van der Waals surface area contributed by atoms with Crippen LogP contribution in [-0.4, -0.2) is 36.6 Å². The van der Waals surface area contributed by atoms with Crippen LogP contribution in [0.4, 0.5) is 0 Å². The molecule has 0 saturated carbocycles. The molecule has 1 spiro atoms. The number of carboxylic acids is 1. The number of benzene rings is 3. The van der Waals surface area contributed by atoms with Gasteiger partial charge >= 0.3 is 27.1 Å². The van der Waals surface area contributed by atoms with Crippen molar-refractivity contribution < 1.29 is 52.9 Å². The third kappa shape index (κ3) is 3.22. The summed E-state index contributed by atoms with van der Waals surface area (Å²) in [6, 6.07) is 10.7. The molecule has 3 aromatic carbocycles. The predicted molar refractivity (Wildman–Crippen MR) is 115 cm³/mol. The molecule has 0 aliphatic carbocycles. The van der Waals surface area contributed by atoms with Crippen molar-refractivity contribution in [2.24, 2.45) is 0 Å². The van der Waals surface area contributed by atoms with Gasteiger partial charge in [0.15, 0.2) is 5.60 Å². The number of aromatic carboxylic acids is 1. The normalized spacial score (nSPS) is 15.7. The van der Waals surface area contributed by atoms with Crippen molar-refractivity contribution >= 4 is 37.7 Å². The summed E-state index contributed by atoms with van der Waals surface area (Å²) in [6.07, 6.45) is 0. The highest BCUT2D eigenvalue weighted by molar-refractivity contribution is 7.60. The lowest BCUT2D eigenvalue weighted by Gasteiger charge is -2.37. The van der Waals surface area contributed by atoms with Gasteiger partial charge in [-0.05, 0) is 54.6 Å². The standard InChI is InChI=1S/C21H14O11P2/c22-19(23)10-1-4-13-16(7-10)21(32-20(13)24)14-5-2-11(33(25,26)27)8-17(14)31-18-9-12(34(28,29)30)3-6-15(18)21/h1-9H,(H,22,23)(H2,25,26,27)(H2,28,29,30). The van der Waals surface area contributed by atoms with Crippen LogP contribution in [0.3, 0.4) is 0 Å². The van der Waals surface area contributed by atoms with E-state index in [0.717, 1.165) is 24.3 Å². The third-order valence-corrected chi connectivity index (χ3v) is 7.59. The van der Waals surface area contributed by atoms with Crippen LogP contribution < -0.4 is 15.3 Å². The molecule has 34 heavy (non-hydrogen) atoms. The largest absolute Gasteiger partial charge is 0.478 e. The summed E-state index contributed by atoms with van der Waals surface area (Å²) in [6.45, 7) is 0. The molecular formula is C21H14O11P2. The van der Waals surface area contributed by atoms with E-state index in [2.05, 4.69) is 0 Å². The molecule has 3 aromatic rings. The fourth-order valence-corrected chi connectivity index (χ4v) is 5.30. The van der Waals surface area contributed by atoms with Gasteiger partial charge in [-0.1, -0.05) is 0 Å². The van der Waals surface area contributed by atoms with Crippen LogP contribution in [-0.2, 0) is 19.5 Å². The molecule has 0 radical (unpaired) electrons. The Labute approximate surface area is 190 Å². The maximum absolute atomic E-state index is 12.8. The fourth-order valence-electron chi connectivity index (χ4n) is 4.19. The van der Waals surface area contributed by atoms with Gasteiger partial charge < -0.3 is 34.2 Å². The minimum absolute atomic E-state index is 0.0573. The zero-order valence-corrected chi connectivity index (χ0v) is 18.6. The van der Waals surface area contributed by atoms with Crippen LogP contribution in [0.25, 0.3) is 0 Å². The molecule has 2 aliphatic heterocycles. The predicted octanol–water partition coefficient (Wildman–Crippen LogP) is 1.56. The van der Waals surface area contributed by atoms with Gasteiger partial charge in [-0.15, -0.1) is 0 Å². The van der Waals surface area contributed by atoms with Crippen molar-refractivity contribution in [3.05, 3.63) is 82.4 Å². The Morgan fingerprint density at radius 2 is 1.29 bits per heavy atom. The quantitative estimate of drug-likeness (QED) is 0.257. The Morgan fingerprint density at radius 3 is 1.76 bits per heavy atom. The van der Waals surface area contributed by atoms with Gasteiger partial charge in [0.25, 0.3) is 0 Å². The maximum Gasteiger partial charge on any atom is 0.356 e. The molecule has 5 rings (SSSR count). The van der Waals surface area contributed by atoms with Gasteiger partial charge in [-0.2, -0.15) is 0 Å². The summed E-state index contributed by atoms with van der Waals surface area (Å²) in [5.74, 6) is -2.34. The van der Waals surface area contributed by atoms with E-state index >= 15 is 0 Å². The van der Waals surface area contributed by atoms with Crippen LogP contribution in [0.2, 0.25) is 0 Å². The average Bonchev–Trinajstić information content (AvgIpc) is 3.04. The van der Waals surface area contributed by atoms with Crippen molar-refractivity contribution in [2.75, 3.05) is 0 Å². The molecule has 5 N–H and O–H groups in total. The lowest BCUT2D eigenvalue weighted by atomic mass is 9.77. The average molecular weight is 504 g/mol. The van der Waals surface area contributed by atoms with Gasteiger partial charge in [0.2, 0.25) is 0 Å². The lowest BCUT2D eigenvalue weighted by Crippen LogP contribution is -2.34. The minimum Gasteiger partial charge on any atom is -0.478 e. The molecule has 174 valence electrons. The second-order valence-electron chi connectivity index (χ2n) is 7.69. The molecule has 0 saturated heterocycles. The Morgan fingerprint density at radius 1 is 0.765 bits per heavy atom. The zero-order valence-electron chi connectivity index (χ0n) is 16.8. The number of hydrogen-bond acceptors (Lipinski definition) is 6. The molecule has 11 nitrogen and oxygen atoms in total. The molecule has 2 aliphatic rings. The first-order chi connectivity index (χ1) is 15.8. The van der Waals surface area contributed by atoms with Crippen LogP contribution in [0.1, 0.15) is 37.4 Å². The van der Waals surface area contributed by atoms with Gasteiger partial charge in [0.1, 0.15) is 11.5 Å². The summed E-state index contributed by atoms with van der Waals surface area (Å²) in [5.41, 5.74) is -1.45. The molecule has 13 heteroatoms. The van der Waals surface area contributed by atoms with Crippen molar-refractivity contribution in [2.45, 2.75) is 5.60 Å². The molecule has 2 heterocycles. The molecule has 0 amide bonds. The number of carbonyl (C=O) groups excluding carboxylic acids is 1. The van der Waals surface area contributed by atoms with E-state index in [1.807, 2.05) is 0 Å². The molecule has 0 aromatic heterocycles. The number of carboxylic acid groups (broad SMARTS) is 1. The lowest BCUT2D eigenvalue weighted by molar-refractivity contribution is 0.0224. The number of fused-ring (bicyclic) bond motifs is 6. The topological polar surface area (TPSA) is 188 Å². The van der Waals surface area contributed by atoms with Gasteiger partial charge in [-0.25, -0.2) is 9.59 Å². The second kappa shape index (κ2) is 7.10. The number of ether oxygens (including phenoxy) is 2. The summed E-state index contributed by atoms with van der Waals surface area (Å²) < 4.78 is 35.2. The Bertz CT molecular complexity index is 1440. The Hall–Kier alpha value is -3.30. The van der Waals surface area contributed by atoms with E-state index in [-0.39, 0.29) is 39.3 Å². The molecule has 0 fully saturated rings. The van der Waals surface area contributed by atoms with E-state index < -0.39 is 43.3 Å². The van der Waals surface area contributed by atoms with Gasteiger partial charge in [0.05, 0.1) is 21.7 Å². The van der Waals surface area contributed by atoms with Crippen molar-refractivity contribution in [3.8, 4) is 11.5 Å². The van der Waals surface area contributed by atoms with E-state index in [1.54, 1.807) is 0 Å². The molecular weight excluding hydrogens is 490 g/mol. The van der Waals surface area contributed by atoms with Crippen LogP contribution >= 0.6 is 15.2 Å². The highest BCUT2D eigenvalue weighted by Gasteiger charge is 2.54. The third-order valence-electron chi connectivity index (χ3n) is 5.69. The summed E-state index contributed by atoms with van der Waals surface area (Å²) in [4.78, 5) is 62.8. The maximum atomic E-state index is 12.8. The van der Waals surface area contributed by atoms with E-state index in [4.69, 9.17) is 9.47 Å². The van der Waals surface area contributed by atoms with Crippen LogP contribution in [0.15, 0.2) is 54.6 Å². The summed E-state index contributed by atoms with van der Waals surface area (Å²) in [7, 11) is -9.43. The first-order valence-corrected chi connectivity index (χ1v) is 12.7. The highest BCUT2D eigenvalue weighted by Crippen LogP contribution is 2.56. The summed E-state index contributed by atoms with van der Waals surface area (Å²) in [5, 5.41) is 8.68. The Kier molecular flexibility index (Phi) is 4.70. The first-order valence-electron chi connectivity index (χ1n) is 9.52. The van der Waals surface area contributed by atoms with Crippen LogP contribution in [0.5, 0.6) is 11.5 Å². The SMILES string of the molecule is O=C(O)c1ccc2c(c1)C1(OC2=O)c2ccc(P(=O)(O)O)cc2Oc2cc(P(=O)(O)O)ccc21. The second-order valence-corrected chi connectivity index (χ2v) is 10.9. The van der Waals surface area contributed by atoms with Gasteiger partial charge in [0, 0.05) is 16.7 Å². The smallest absolute Gasteiger partial charge is 0.356 e. The monoisotopic (exact) mass is 504 g/mol. The van der Waals surface area contributed by atoms with E-state index in [0.29, 0.717) is 0 Å². The first kappa shape index (κ1) is 22.5. The fraction of sp³-hybridized carbons (Fsp3) is 0.0476. The van der Waals surface area contributed by atoms with E-state index in [9.17, 15) is 43.4 Å². The van der Waals surface area contributed by atoms with Crippen LogP contribution in [0, 0.1) is 0 Å². The number of carbonyl (C=O) groups is 2. The molecule has 0 atom stereocenters. The Balaban J connectivity index is 1.87. The van der Waals surface area contributed by atoms with Crippen molar-refractivity contribution in [1.29, 1.82) is 0 Å². The van der Waals surface area contributed by atoms with Gasteiger partial charge in [-0.3, -0.25) is 9.13 Å². The highest BCUT2D eigenvalue weighted by atomic mass is 31.2. The molecule has 0 unspecified atom stereocenters. The summed E-state index contributed by atoms with van der Waals surface area (Å²) >= 11 is 0. The molecule has 0 bridgehead atoms. The van der Waals surface area contributed by atoms with Crippen molar-refractivity contribution in [3.63, 3.8) is 0 Å². The number of hydrogen-bond donors (Lipinski definition) is 5. The number of rotatable bonds is 3. The van der Waals surface area contributed by atoms with Crippen molar-refractivity contribution in [1.82, 2.24) is 0 Å². The number of esters is 1. The zero-order chi connectivity index (χ0) is 24.6. The van der Waals surface area contributed by atoms with E-state index in [1.165, 1.54) is 30.3 Å².